The molecule has 0 aliphatic heterocycles. The average molecular weight is 456 g/mol. The number of carbonyl (C=O) groups excluding carboxylic acids is 1. The molecule has 0 saturated carbocycles. The summed E-state index contributed by atoms with van der Waals surface area (Å²) >= 11 is 0. The highest BCUT2D eigenvalue weighted by atomic mass is 19.4. The van der Waals surface area contributed by atoms with Crippen LogP contribution in [0.1, 0.15) is 47.3 Å². The maximum absolute atomic E-state index is 13.3. The van der Waals surface area contributed by atoms with Crippen molar-refractivity contribution in [1.82, 2.24) is 30.2 Å². The van der Waals surface area contributed by atoms with Gasteiger partial charge >= 0.3 is 6.18 Å². The van der Waals surface area contributed by atoms with Crippen molar-refractivity contribution in [3.8, 4) is 0 Å². The molecule has 0 fully saturated rings. The summed E-state index contributed by atoms with van der Waals surface area (Å²) in [5.74, 6) is -0.687. The summed E-state index contributed by atoms with van der Waals surface area (Å²) in [6.07, 6.45) is -0.842. The Morgan fingerprint density at radius 1 is 1.31 bits per heavy atom. The number of aromatic nitrogens is 5. The van der Waals surface area contributed by atoms with Crippen molar-refractivity contribution in [3.05, 3.63) is 41.1 Å². The number of hydrogen-bond donors (Lipinski definition) is 1. The van der Waals surface area contributed by atoms with Crippen molar-refractivity contribution >= 4 is 11.6 Å². The van der Waals surface area contributed by atoms with Crippen molar-refractivity contribution in [2.24, 2.45) is 0 Å². The van der Waals surface area contributed by atoms with Gasteiger partial charge in [-0.3, -0.25) is 4.79 Å². The lowest BCUT2D eigenvalue weighted by molar-refractivity contribution is -0.265. The summed E-state index contributed by atoms with van der Waals surface area (Å²) in [7, 11) is 1.58. The molecule has 0 aliphatic rings. The molecule has 32 heavy (non-hydrogen) atoms. The predicted molar refractivity (Wildman–Crippen MR) is 104 cm³/mol. The molecule has 1 N–H and O–H groups in total. The summed E-state index contributed by atoms with van der Waals surface area (Å²) < 4.78 is 56.0. The first-order valence-corrected chi connectivity index (χ1v) is 9.65. The highest BCUT2D eigenvalue weighted by Crippen LogP contribution is 2.33. The van der Waals surface area contributed by atoms with E-state index in [0.717, 1.165) is 19.4 Å². The van der Waals surface area contributed by atoms with Gasteiger partial charge in [0, 0.05) is 7.11 Å². The maximum atomic E-state index is 13.3. The van der Waals surface area contributed by atoms with Gasteiger partial charge in [-0.05, 0) is 44.0 Å². The number of rotatable bonds is 9. The molecule has 0 saturated heterocycles. The summed E-state index contributed by atoms with van der Waals surface area (Å²) in [5, 5.41) is 13.9. The third kappa shape index (κ3) is 5.22. The first kappa shape index (κ1) is 23.6. The zero-order chi connectivity index (χ0) is 23.5. The fraction of sp³-hybridized carbons (Fsp3) is 0.526. The van der Waals surface area contributed by atoms with Gasteiger partial charge in [-0.2, -0.15) is 18.3 Å². The number of methoxy groups -OCH3 is 1. The molecule has 3 rings (SSSR count). The number of alkyl halides is 3. The molecule has 174 valence electrons. The van der Waals surface area contributed by atoms with Gasteiger partial charge in [0.15, 0.2) is 16.9 Å². The molecular formula is C19H23F3N6O4. The lowest BCUT2D eigenvalue weighted by Gasteiger charge is -2.29. The van der Waals surface area contributed by atoms with Gasteiger partial charge in [0.2, 0.25) is 0 Å². The third-order valence-corrected chi connectivity index (χ3v) is 4.81. The van der Waals surface area contributed by atoms with Crippen LogP contribution >= 0.6 is 0 Å². The van der Waals surface area contributed by atoms with Crippen molar-refractivity contribution in [2.45, 2.75) is 45.0 Å². The molecule has 1 unspecified atom stereocenters. The van der Waals surface area contributed by atoms with E-state index in [9.17, 15) is 18.0 Å². The van der Waals surface area contributed by atoms with Crippen molar-refractivity contribution in [1.29, 1.82) is 0 Å². The van der Waals surface area contributed by atoms with Gasteiger partial charge in [-0.1, -0.05) is 5.16 Å². The van der Waals surface area contributed by atoms with Gasteiger partial charge in [-0.15, -0.1) is 0 Å². The molecule has 0 radical (unpaired) electrons. The Morgan fingerprint density at radius 3 is 2.69 bits per heavy atom. The molecule has 3 aromatic heterocycles. The van der Waals surface area contributed by atoms with Crippen molar-refractivity contribution < 1.29 is 32.1 Å². The number of fused-ring (bicyclic) bond motifs is 1. The van der Waals surface area contributed by atoms with Crippen molar-refractivity contribution in [3.63, 3.8) is 0 Å². The second-order valence-electron chi connectivity index (χ2n) is 7.62. The van der Waals surface area contributed by atoms with Crippen LogP contribution in [0, 0.1) is 6.92 Å². The topological polar surface area (TPSA) is 117 Å². The lowest BCUT2D eigenvalue weighted by Crippen LogP contribution is -2.44. The Labute approximate surface area is 181 Å². The fourth-order valence-corrected chi connectivity index (χ4v) is 2.70. The first-order valence-electron chi connectivity index (χ1n) is 9.65. The highest BCUT2D eigenvalue weighted by Gasteiger charge is 2.49. The Hall–Kier alpha value is -3.06. The number of imidazole rings is 1. The summed E-state index contributed by atoms with van der Waals surface area (Å²) in [6, 6.07) is 0.755. The van der Waals surface area contributed by atoms with Gasteiger partial charge in [0.25, 0.3) is 5.91 Å². The zero-order valence-corrected chi connectivity index (χ0v) is 17.9. The summed E-state index contributed by atoms with van der Waals surface area (Å²) in [4.78, 5) is 17.0. The monoisotopic (exact) mass is 456 g/mol. The van der Waals surface area contributed by atoms with Crippen LogP contribution in [0.5, 0.6) is 0 Å². The van der Waals surface area contributed by atoms with E-state index in [1.807, 2.05) is 0 Å². The second-order valence-corrected chi connectivity index (χ2v) is 7.62. The van der Waals surface area contributed by atoms with Crippen LogP contribution < -0.4 is 5.32 Å². The fourth-order valence-electron chi connectivity index (χ4n) is 2.70. The minimum atomic E-state index is -4.61. The lowest BCUT2D eigenvalue weighted by atomic mass is 10.1. The van der Waals surface area contributed by atoms with Gasteiger partial charge in [0.1, 0.15) is 5.69 Å². The standard InChI is InChI=1S/C19H23F3N6O4/c1-11-16(27-32-26-11)17(29)25-14(10-31-18(2,3)19(20,21)22)13-9-28-15(24-13)7-12(8-23-28)5-6-30-4/h7-9,14H,5-6,10H2,1-4H3,(H,25,29). The number of halogens is 3. The quantitative estimate of drug-likeness (QED) is 0.522. The van der Waals surface area contributed by atoms with Crippen LogP contribution in [-0.2, 0) is 15.9 Å². The minimum absolute atomic E-state index is 0.0891. The molecule has 0 aliphatic carbocycles. The molecule has 10 nitrogen and oxygen atoms in total. The number of carbonyl (C=O) groups is 1. The van der Waals surface area contributed by atoms with E-state index in [1.54, 1.807) is 19.4 Å². The van der Waals surface area contributed by atoms with Crippen LogP contribution in [0.3, 0.4) is 0 Å². The van der Waals surface area contributed by atoms with Gasteiger partial charge < -0.3 is 14.8 Å². The molecule has 1 amide bonds. The third-order valence-electron chi connectivity index (χ3n) is 4.81. The van der Waals surface area contributed by atoms with E-state index in [2.05, 4.69) is 30.3 Å². The van der Waals surface area contributed by atoms with E-state index >= 15 is 0 Å². The number of ether oxygens (including phenoxy) is 2. The number of amides is 1. The van der Waals surface area contributed by atoms with Crippen molar-refractivity contribution in [2.75, 3.05) is 20.3 Å². The van der Waals surface area contributed by atoms with Crippen LogP contribution in [0.4, 0.5) is 13.2 Å². The van der Waals surface area contributed by atoms with E-state index in [4.69, 9.17) is 9.47 Å². The molecule has 1 atom stereocenters. The summed E-state index contributed by atoms with van der Waals surface area (Å²) in [5.41, 5.74) is -0.697. The van der Waals surface area contributed by atoms with E-state index in [0.29, 0.717) is 18.7 Å². The molecule has 0 bridgehead atoms. The Morgan fingerprint density at radius 2 is 2.06 bits per heavy atom. The molecule has 0 spiro atoms. The summed E-state index contributed by atoms with van der Waals surface area (Å²) in [6.45, 7) is 3.33. The number of hydrogen-bond acceptors (Lipinski definition) is 8. The molecule has 3 heterocycles. The Kier molecular flexibility index (Phi) is 6.79. The van der Waals surface area contributed by atoms with Crippen LogP contribution in [-0.4, -0.2) is 62.9 Å². The molecule has 13 heteroatoms. The van der Waals surface area contributed by atoms with E-state index in [1.165, 1.54) is 17.6 Å². The minimum Gasteiger partial charge on any atom is -0.384 e. The number of nitrogens with one attached hydrogen (secondary N) is 1. The van der Waals surface area contributed by atoms with Crippen LogP contribution in [0.15, 0.2) is 23.1 Å². The van der Waals surface area contributed by atoms with Crippen LogP contribution in [0.25, 0.3) is 5.65 Å². The Bertz CT molecular complexity index is 1080. The molecule has 0 aromatic carbocycles. The number of nitrogens with zero attached hydrogens (tertiary/aromatic N) is 5. The first-order chi connectivity index (χ1) is 15.0. The zero-order valence-electron chi connectivity index (χ0n) is 17.9. The van der Waals surface area contributed by atoms with Gasteiger partial charge in [-0.25, -0.2) is 14.1 Å². The Balaban J connectivity index is 1.88. The SMILES string of the molecule is COCCc1cnn2cc(C(COC(C)(C)C(F)(F)F)NC(=O)c3nonc3C)nc2c1. The van der Waals surface area contributed by atoms with E-state index < -0.39 is 30.3 Å². The second kappa shape index (κ2) is 9.20. The molecular weight excluding hydrogens is 433 g/mol. The largest absolute Gasteiger partial charge is 0.416 e. The molecule has 3 aromatic rings. The van der Waals surface area contributed by atoms with Crippen LogP contribution in [0.2, 0.25) is 0 Å². The normalized spacial score (nSPS) is 13.5. The average Bonchev–Trinajstić information content (AvgIpc) is 3.34. The predicted octanol–water partition coefficient (Wildman–Crippen LogP) is 2.44. The van der Waals surface area contributed by atoms with Gasteiger partial charge in [0.05, 0.1) is 37.3 Å². The maximum Gasteiger partial charge on any atom is 0.416 e. The van der Waals surface area contributed by atoms with E-state index in [-0.39, 0.29) is 17.1 Å². The smallest absolute Gasteiger partial charge is 0.384 e. The highest BCUT2D eigenvalue weighted by molar-refractivity contribution is 5.93. The number of aryl methyl sites for hydroxylation is 1.